The molecule has 0 radical (unpaired) electrons. The first-order chi connectivity index (χ1) is 45.8. The second-order valence-corrected chi connectivity index (χ2v) is 26.7. The lowest BCUT2D eigenvalue weighted by molar-refractivity contribution is 0.257. The quantitative estimate of drug-likeness (QED) is 0.0360. The van der Waals surface area contributed by atoms with Gasteiger partial charge in [-0.25, -0.2) is 15.0 Å². The van der Waals surface area contributed by atoms with Crippen LogP contribution in [0.25, 0.3) is 34.2 Å². The van der Waals surface area contributed by atoms with Gasteiger partial charge in [-0.3, -0.25) is 0 Å². The molecule has 0 aliphatic rings. The Bertz CT molecular complexity index is 2190. The van der Waals surface area contributed by atoms with Crippen molar-refractivity contribution in [2.45, 2.75) is 350 Å². The first kappa shape index (κ1) is 80.3. The van der Waals surface area contributed by atoms with E-state index in [0.717, 1.165) is 116 Å². The van der Waals surface area contributed by atoms with Crippen LogP contribution < -0.4 is 28.4 Å². The summed E-state index contributed by atoms with van der Waals surface area (Å²) in [6.45, 7) is 16.4. The second-order valence-electron chi connectivity index (χ2n) is 26.7. The molecule has 93 heavy (non-hydrogen) atoms. The van der Waals surface area contributed by atoms with Crippen molar-refractivity contribution in [2.75, 3.05) is 39.6 Å². The number of hydrogen-bond donors (Lipinski definition) is 3. The Morgan fingerprint density at radius 3 is 0.505 bits per heavy atom. The van der Waals surface area contributed by atoms with Crippen molar-refractivity contribution in [1.82, 2.24) is 15.0 Å². The average molecular weight is 1290 g/mol. The standard InChI is InChI=1S/C81H135N3O9/c1-7-13-19-25-31-37-43-49-55-88-73-61-67(70(85)64-76(73)91-58-52-46-40-34-28-22-16-10-4)79-82-80(68-62-74(89-56-50-44-38-32-26-20-14-8-2)77(65-71(68)86)92-59-53-47-41-35-29-23-17-11-5)84-81(83-79)69-63-75(90-57-51-45-39-33-27-21-15-9-3)78(66-72(69)87)93-60-54-48-42-36-30-24-18-12-6/h61-66,85-87H,7-60H2,1-6H3. The van der Waals surface area contributed by atoms with E-state index < -0.39 is 0 Å². The summed E-state index contributed by atoms with van der Waals surface area (Å²) in [5, 5.41) is 36.7. The maximum atomic E-state index is 12.2. The van der Waals surface area contributed by atoms with E-state index >= 15 is 0 Å². The summed E-state index contributed by atoms with van der Waals surface area (Å²) in [5.41, 5.74) is 0.867. The van der Waals surface area contributed by atoms with Crippen LogP contribution in [0.3, 0.4) is 0 Å². The number of ether oxygens (including phenoxy) is 6. The number of hydrogen-bond acceptors (Lipinski definition) is 12. The zero-order valence-corrected chi connectivity index (χ0v) is 60.3. The number of aromatic nitrogens is 3. The van der Waals surface area contributed by atoms with Crippen LogP contribution in [0.15, 0.2) is 36.4 Å². The zero-order chi connectivity index (χ0) is 66.5. The highest BCUT2D eigenvalue weighted by molar-refractivity contribution is 5.77. The van der Waals surface area contributed by atoms with E-state index in [0.29, 0.717) is 74.1 Å². The number of unbranched alkanes of at least 4 members (excludes halogenated alkanes) is 42. The normalized spacial score (nSPS) is 11.4. The van der Waals surface area contributed by atoms with Gasteiger partial charge in [0.15, 0.2) is 52.0 Å². The molecule has 4 aromatic rings. The molecule has 0 atom stereocenters. The predicted octanol–water partition coefficient (Wildman–Crippen LogP) is 25.1. The molecule has 0 bridgehead atoms. The molecule has 0 aliphatic carbocycles. The minimum atomic E-state index is -0.102. The Labute approximate surface area is 567 Å². The lowest BCUT2D eigenvalue weighted by Gasteiger charge is -2.18. The van der Waals surface area contributed by atoms with Crippen LogP contribution in [0.4, 0.5) is 0 Å². The van der Waals surface area contributed by atoms with E-state index in [1.165, 1.54) is 193 Å². The third kappa shape index (κ3) is 35.4. The third-order valence-electron chi connectivity index (χ3n) is 18.1. The smallest absolute Gasteiger partial charge is 0.167 e. The molecule has 12 heteroatoms. The molecular weight excluding hydrogens is 1160 g/mol. The maximum Gasteiger partial charge on any atom is 0.167 e. The van der Waals surface area contributed by atoms with Crippen LogP contribution in [0.2, 0.25) is 0 Å². The zero-order valence-electron chi connectivity index (χ0n) is 60.3. The van der Waals surface area contributed by atoms with E-state index in [2.05, 4.69) is 41.5 Å². The van der Waals surface area contributed by atoms with Gasteiger partial charge in [-0.05, 0) is 56.7 Å². The van der Waals surface area contributed by atoms with Gasteiger partial charge in [-0.2, -0.15) is 0 Å². The molecule has 0 aliphatic heterocycles. The molecule has 1 heterocycles. The summed E-state index contributed by atoms with van der Waals surface area (Å²) in [6.07, 6.45) is 56.4. The molecule has 0 saturated heterocycles. The lowest BCUT2D eigenvalue weighted by atomic mass is 10.1. The predicted molar refractivity (Wildman–Crippen MR) is 390 cm³/mol. The van der Waals surface area contributed by atoms with Gasteiger partial charge in [0.2, 0.25) is 0 Å². The second kappa shape index (κ2) is 54.0. The Hall–Kier alpha value is -5.13. The fourth-order valence-corrected chi connectivity index (χ4v) is 12.1. The molecule has 528 valence electrons. The minimum Gasteiger partial charge on any atom is -0.507 e. The number of phenols is 3. The lowest BCUT2D eigenvalue weighted by Crippen LogP contribution is -2.06. The molecule has 0 spiro atoms. The minimum absolute atomic E-state index is 0.102. The van der Waals surface area contributed by atoms with Crippen LogP contribution in [0, 0.1) is 0 Å². The molecule has 4 rings (SSSR count). The van der Waals surface area contributed by atoms with Crippen molar-refractivity contribution in [3.05, 3.63) is 36.4 Å². The van der Waals surface area contributed by atoms with Crippen molar-refractivity contribution in [2.24, 2.45) is 0 Å². The van der Waals surface area contributed by atoms with E-state index in [9.17, 15) is 15.3 Å². The Kier molecular flexibility index (Phi) is 46.7. The first-order valence-electron chi connectivity index (χ1n) is 38.9. The Balaban J connectivity index is 1.83. The molecule has 0 fully saturated rings. The summed E-state index contributed by atoms with van der Waals surface area (Å²) in [5.74, 6) is 2.90. The van der Waals surface area contributed by atoms with Gasteiger partial charge < -0.3 is 43.7 Å². The fraction of sp³-hybridized carbons (Fsp3) is 0.741. The highest BCUT2D eigenvalue weighted by Crippen LogP contribution is 2.45. The number of rotatable bonds is 63. The molecule has 3 aromatic carbocycles. The van der Waals surface area contributed by atoms with Crippen molar-refractivity contribution in [3.8, 4) is 85.9 Å². The molecular formula is C81H135N3O9. The van der Waals surface area contributed by atoms with Crippen molar-refractivity contribution in [3.63, 3.8) is 0 Å². The van der Waals surface area contributed by atoms with Gasteiger partial charge >= 0.3 is 0 Å². The summed E-state index contributed by atoms with van der Waals surface area (Å²) in [6, 6.07) is 10.2. The van der Waals surface area contributed by atoms with Gasteiger partial charge in [0, 0.05) is 18.2 Å². The van der Waals surface area contributed by atoms with E-state index in [1.807, 2.05) is 0 Å². The monoisotopic (exact) mass is 1290 g/mol. The number of phenolic OH excluding ortho intramolecular Hbond substituents is 3. The Morgan fingerprint density at radius 1 is 0.204 bits per heavy atom. The maximum absolute atomic E-state index is 12.2. The van der Waals surface area contributed by atoms with Gasteiger partial charge in [0.1, 0.15) is 17.2 Å². The van der Waals surface area contributed by atoms with Crippen LogP contribution in [-0.4, -0.2) is 69.9 Å². The van der Waals surface area contributed by atoms with Gasteiger partial charge in [0.05, 0.1) is 56.3 Å². The molecule has 0 amide bonds. The van der Waals surface area contributed by atoms with Crippen molar-refractivity contribution < 1.29 is 43.7 Å². The van der Waals surface area contributed by atoms with Crippen LogP contribution in [0.1, 0.15) is 350 Å². The number of aromatic hydroxyl groups is 3. The average Bonchev–Trinajstić information content (AvgIpc) is 0.824. The van der Waals surface area contributed by atoms with Crippen molar-refractivity contribution in [1.29, 1.82) is 0 Å². The first-order valence-corrected chi connectivity index (χ1v) is 38.9. The van der Waals surface area contributed by atoms with Crippen LogP contribution >= 0.6 is 0 Å². The van der Waals surface area contributed by atoms with E-state index in [1.54, 1.807) is 36.4 Å². The fourth-order valence-electron chi connectivity index (χ4n) is 12.1. The summed E-state index contributed by atoms with van der Waals surface area (Å²) >= 11 is 0. The van der Waals surface area contributed by atoms with Crippen molar-refractivity contribution >= 4 is 0 Å². The highest BCUT2D eigenvalue weighted by Gasteiger charge is 2.25. The third-order valence-corrected chi connectivity index (χ3v) is 18.1. The topological polar surface area (TPSA) is 155 Å². The SMILES string of the molecule is CCCCCCCCCCOc1cc(O)c(-c2nc(-c3cc(OCCCCCCCCCC)c(OCCCCCCCCCC)cc3O)nc(-c3cc(OCCCCCCCCCC)c(OCCCCCCCCCC)cc3O)n2)cc1OCCCCCCCCCC. The van der Waals surface area contributed by atoms with E-state index in [4.69, 9.17) is 43.4 Å². The van der Waals surface area contributed by atoms with Gasteiger partial charge in [-0.15, -0.1) is 0 Å². The molecule has 0 unspecified atom stereocenters. The summed E-state index contributed by atoms with van der Waals surface area (Å²) in [7, 11) is 0. The van der Waals surface area contributed by atoms with E-state index in [-0.39, 0.29) is 51.4 Å². The number of benzene rings is 3. The molecule has 3 N–H and O–H groups in total. The number of nitrogens with zero attached hydrogens (tertiary/aromatic N) is 3. The molecule has 0 saturated carbocycles. The van der Waals surface area contributed by atoms with Gasteiger partial charge in [-0.1, -0.05) is 311 Å². The van der Waals surface area contributed by atoms with Crippen LogP contribution in [-0.2, 0) is 0 Å². The Morgan fingerprint density at radius 2 is 0.344 bits per heavy atom. The summed E-state index contributed by atoms with van der Waals surface area (Å²) < 4.78 is 39.3. The highest BCUT2D eigenvalue weighted by atomic mass is 16.5. The summed E-state index contributed by atoms with van der Waals surface area (Å²) in [4.78, 5) is 15.3. The molecule has 1 aromatic heterocycles. The van der Waals surface area contributed by atoms with Crippen LogP contribution in [0.5, 0.6) is 51.7 Å². The van der Waals surface area contributed by atoms with Gasteiger partial charge in [0.25, 0.3) is 0 Å². The largest absolute Gasteiger partial charge is 0.507 e. The molecule has 12 nitrogen and oxygen atoms in total.